The van der Waals surface area contributed by atoms with Crippen LogP contribution in [0.5, 0.6) is 0 Å². The number of unbranched alkanes of at least 4 members (excludes halogenated alkanes) is 35. The van der Waals surface area contributed by atoms with Crippen LogP contribution < -0.4 is 5.32 Å². The quantitative estimate of drug-likeness (QED) is 0.0261. The summed E-state index contributed by atoms with van der Waals surface area (Å²) in [5.74, 6) is -0.194. The number of amides is 1. The Kier molecular flexibility index (Phi) is 45.5. The molecular formula is C58H109NO8. The second kappa shape index (κ2) is 48.1. The van der Waals surface area contributed by atoms with Gasteiger partial charge in [-0.3, -0.25) is 4.79 Å². The highest BCUT2D eigenvalue weighted by molar-refractivity contribution is 5.76. The highest BCUT2D eigenvalue weighted by Gasteiger charge is 2.44. The molecule has 1 aliphatic heterocycles. The molecule has 9 nitrogen and oxygen atoms in total. The number of ether oxygens (including phenoxy) is 2. The summed E-state index contributed by atoms with van der Waals surface area (Å²) < 4.78 is 11.2. The van der Waals surface area contributed by atoms with Gasteiger partial charge in [0.2, 0.25) is 5.91 Å². The van der Waals surface area contributed by atoms with Crippen LogP contribution in [-0.4, -0.2) is 87.5 Å². The van der Waals surface area contributed by atoms with E-state index in [1.165, 1.54) is 193 Å². The van der Waals surface area contributed by atoms with Crippen molar-refractivity contribution in [3.05, 3.63) is 36.5 Å². The van der Waals surface area contributed by atoms with E-state index in [1.807, 2.05) is 6.08 Å². The van der Waals surface area contributed by atoms with Crippen LogP contribution in [0, 0.1) is 0 Å². The van der Waals surface area contributed by atoms with Crippen molar-refractivity contribution in [2.24, 2.45) is 0 Å². The molecule has 0 spiro atoms. The van der Waals surface area contributed by atoms with Crippen LogP contribution >= 0.6 is 0 Å². The second-order valence-corrected chi connectivity index (χ2v) is 20.1. The van der Waals surface area contributed by atoms with E-state index in [-0.39, 0.29) is 12.5 Å². The fourth-order valence-electron chi connectivity index (χ4n) is 9.11. The van der Waals surface area contributed by atoms with E-state index < -0.39 is 49.5 Å². The zero-order valence-corrected chi connectivity index (χ0v) is 43.7. The number of hydrogen-bond acceptors (Lipinski definition) is 8. The highest BCUT2D eigenvalue weighted by atomic mass is 16.7. The van der Waals surface area contributed by atoms with Gasteiger partial charge in [0.15, 0.2) is 6.29 Å². The fraction of sp³-hybridized carbons (Fsp3) is 0.879. The molecule has 394 valence electrons. The van der Waals surface area contributed by atoms with Crippen LogP contribution in [-0.2, 0) is 14.3 Å². The predicted octanol–water partition coefficient (Wildman–Crippen LogP) is 14.0. The van der Waals surface area contributed by atoms with Crippen LogP contribution in [0.25, 0.3) is 0 Å². The molecule has 0 aromatic rings. The van der Waals surface area contributed by atoms with Crippen LogP contribution in [0.15, 0.2) is 36.5 Å². The Morgan fingerprint density at radius 2 is 0.851 bits per heavy atom. The lowest BCUT2D eigenvalue weighted by Gasteiger charge is -2.40. The van der Waals surface area contributed by atoms with E-state index in [4.69, 9.17) is 9.47 Å². The molecule has 6 N–H and O–H groups in total. The second-order valence-electron chi connectivity index (χ2n) is 20.1. The molecule has 0 aromatic carbocycles. The third-order valence-electron chi connectivity index (χ3n) is 13.7. The van der Waals surface area contributed by atoms with Crippen molar-refractivity contribution in [3.8, 4) is 0 Å². The summed E-state index contributed by atoms with van der Waals surface area (Å²) in [5, 5.41) is 54.4. The Bertz CT molecular complexity index is 1150. The minimum Gasteiger partial charge on any atom is -0.394 e. The monoisotopic (exact) mass is 948 g/mol. The SMILES string of the molecule is CCCCCCC/C=C\CCCCCCCC(=O)NC(COC1OC(CO)C(O)C(O)C1O)C(O)/C=C/CC/C=C/CCCCCCCCCCCCCCCCCCCCCCCCCC. The van der Waals surface area contributed by atoms with Crippen molar-refractivity contribution < 1.29 is 39.8 Å². The van der Waals surface area contributed by atoms with Crippen LogP contribution in [0.1, 0.15) is 271 Å². The lowest BCUT2D eigenvalue weighted by atomic mass is 9.99. The van der Waals surface area contributed by atoms with Crippen LogP contribution in [0.3, 0.4) is 0 Å². The number of aliphatic hydroxyl groups is 5. The van der Waals surface area contributed by atoms with Gasteiger partial charge in [-0.15, -0.1) is 0 Å². The molecule has 0 radical (unpaired) electrons. The number of rotatable bonds is 49. The number of aliphatic hydroxyl groups excluding tert-OH is 5. The molecule has 0 bridgehead atoms. The topological polar surface area (TPSA) is 149 Å². The van der Waals surface area contributed by atoms with Gasteiger partial charge in [0.05, 0.1) is 25.4 Å². The van der Waals surface area contributed by atoms with Gasteiger partial charge in [-0.25, -0.2) is 0 Å². The maximum Gasteiger partial charge on any atom is 0.220 e. The Labute approximate surface area is 412 Å². The molecule has 1 saturated heterocycles. The summed E-state index contributed by atoms with van der Waals surface area (Å²) in [4.78, 5) is 13.0. The summed E-state index contributed by atoms with van der Waals surface area (Å²) >= 11 is 0. The standard InChI is InChI=1S/C58H109NO8/c1-3-5-7-9-11-13-15-17-19-20-21-22-23-24-25-26-27-28-29-30-31-32-33-34-35-37-39-41-43-45-47-52(61)51(50-66-58-57(65)56(64)55(63)53(49-60)67-58)59-54(62)48-46-44-42-40-38-36-18-16-14-12-10-8-6-4-2/h16,18,37,39,45,47,51-53,55-58,60-61,63-65H,3-15,17,19-36,38,40-44,46,48-50H2,1-2H3,(H,59,62)/b18-16-,39-37+,47-45+. The van der Waals surface area contributed by atoms with Gasteiger partial charge < -0.3 is 40.3 Å². The Morgan fingerprint density at radius 1 is 0.493 bits per heavy atom. The molecule has 0 aromatic heterocycles. The van der Waals surface area contributed by atoms with E-state index in [0.717, 1.165) is 57.8 Å². The third kappa shape index (κ3) is 37.9. The van der Waals surface area contributed by atoms with Crippen molar-refractivity contribution >= 4 is 5.91 Å². The summed E-state index contributed by atoms with van der Waals surface area (Å²) in [6.07, 6.45) is 55.1. The normalized spacial score (nSPS) is 19.9. The predicted molar refractivity (Wildman–Crippen MR) is 281 cm³/mol. The zero-order chi connectivity index (χ0) is 48.7. The molecule has 0 aliphatic carbocycles. The maximum atomic E-state index is 13.0. The van der Waals surface area contributed by atoms with Crippen molar-refractivity contribution in [2.45, 2.75) is 314 Å². The Hall–Kier alpha value is -1.59. The molecule has 0 saturated carbocycles. The van der Waals surface area contributed by atoms with Gasteiger partial charge in [0.25, 0.3) is 0 Å². The molecule has 1 heterocycles. The number of hydrogen-bond donors (Lipinski definition) is 6. The maximum absolute atomic E-state index is 13.0. The van der Waals surface area contributed by atoms with Crippen LogP contribution in [0.4, 0.5) is 0 Å². The molecular weight excluding hydrogens is 839 g/mol. The summed E-state index contributed by atoms with van der Waals surface area (Å²) in [5.41, 5.74) is 0. The third-order valence-corrected chi connectivity index (χ3v) is 13.7. The molecule has 9 heteroatoms. The van der Waals surface area contributed by atoms with Crippen molar-refractivity contribution in [1.82, 2.24) is 5.32 Å². The molecule has 1 fully saturated rings. The van der Waals surface area contributed by atoms with Gasteiger partial charge in [-0.05, 0) is 57.8 Å². The van der Waals surface area contributed by atoms with Gasteiger partial charge in [0.1, 0.15) is 24.4 Å². The first-order valence-corrected chi connectivity index (χ1v) is 28.7. The average molecular weight is 949 g/mol. The number of carbonyl (C=O) groups excluding carboxylic acids is 1. The average Bonchev–Trinajstić information content (AvgIpc) is 3.33. The zero-order valence-electron chi connectivity index (χ0n) is 43.7. The Balaban J connectivity index is 2.20. The Morgan fingerprint density at radius 3 is 1.25 bits per heavy atom. The van der Waals surface area contributed by atoms with Crippen LogP contribution in [0.2, 0.25) is 0 Å². The van der Waals surface area contributed by atoms with Crippen molar-refractivity contribution in [1.29, 1.82) is 0 Å². The summed E-state index contributed by atoms with van der Waals surface area (Å²) in [7, 11) is 0. The first-order chi connectivity index (χ1) is 32.8. The van der Waals surface area contributed by atoms with E-state index >= 15 is 0 Å². The lowest BCUT2D eigenvalue weighted by molar-refractivity contribution is -0.302. The first kappa shape index (κ1) is 63.4. The smallest absolute Gasteiger partial charge is 0.220 e. The van der Waals surface area contributed by atoms with Gasteiger partial charge in [-0.1, -0.05) is 243 Å². The van der Waals surface area contributed by atoms with E-state index in [1.54, 1.807) is 6.08 Å². The van der Waals surface area contributed by atoms with Gasteiger partial charge in [0, 0.05) is 6.42 Å². The molecule has 1 aliphatic rings. The minimum atomic E-state index is -1.57. The van der Waals surface area contributed by atoms with E-state index in [9.17, 15) is 30.3 Å². The van der Waals surface area contributed by atoms with E-state index in [0.29, 0.717) is 6.42 Å². The largest absolute Gasteiger partial charge is 0.394 e. The molecule has 7 unspecified atom stereocenters. The first-order valence-electron chi connectivity index (χ1n) is 28.7. The van der Waals surface area contributed by atoms with Crippen molar-refractivity contribution in [3.63, 3.8) is 0 Å². The molecule has 67 heavy (non-hydrogen) atoms. The van der Waals surface area contributed by atoms with Crippen molar-refractivity contribution in [2.75, 3.05) is 13.2 Å². The van der Waals surface area contributed by atoms with Gasteiger partial charge in [-0.2, -0.15) is 0 Å². The minimum absolute atomic E-state index is 0.194. The molecule has 1 amide bonds. The summed E-state index contributed by atoms with van der Waals surface area (Å²) in [6, 6.07) is -0.825. The summed E-state index contributed by atoms with van der Waals surface area (Å²) in [6.45, 7) is 3.77. The lowest BCUT2D eigenvalue weighted by Crippen LogP contribution is -2.60. The highest BCUT2D eigenvalue weighted by Crippen LogP contribution is 2.23. The fourth-order valence-corrected chi connectivity index (χ4v) is 9.11. The molecule has 1 rings (SSSR count). The number of carbonyl (C=O) groups is 1. The number of nitrogens with one attached hydrogen (secondary N) is 1. The number of allylic oxidation sites excluding steroid dienone is 5. The molecule has 7 atom stereocenters. The van der Waals surface area contributed by atoms with E-state index in [2.05, 4.69) is 43.5 Å². The van der Waals surface area contributed by atoms with Gasteiger partial charge >= 0.3 is 0 Å².